The van der Waals surface area contributed by atoms with Crippen LogP contribution < -0.4 is 14.5 Å². The molecular weight excluding hydrogens is 675 g/mol. The summed E-state index contributed by atoms with van der Waals surface area (Å²) in [5.41, 5.74) is 3.33. The Kier molecular flexibility index (Phi) is 8.57. The third kappa shape index (κ3) is 5.62. The van der Waals surface area contributed by atoms with E-state index >= 15 is 0 Å². The Morgan fingerprint density at radius 1 is 0.904 bits per heavy atom. The van der Waals surface area contributed by atoms with Gasteiger partial charge in [-0.3, -0.25) is 19.2 Å². The van der Waals surface area contributed by atoms with Crippen molar-refractivity contribution in [2.24, 2.45) is 5.92 Å². The van der Waals surface area contributed by atoms with Gasteiger partial charge in [0.05, 0.1) is 35.3 Å². The van der Waals surface area contributed by atoms with Crippen molar-refractivity contribution in [1.82, 2.24) is 15.0 Å². The molecule has 3 aliphatic rings. The fourth-order valence-corrected chi connectivity index (χ4v) is 11.0. The summed E-state index contributed by atoms with van der Waals surface area (Å²) in [7, 11) is -2.85. The van der Waals surface area contributed by atoms with E-state index in [-0.39, 0.29) is 36.4 Å². The average molecular weight is 716 g/mol. The van der Waals surface area contributed by atoms with Crippen LogP contribution >= 0.6 is 0 Å². The van der Waals surface area contributed by atoms with Crippen LogP contribution in [-0.4, -0.2) is 57.7 Å². The van der Waals surface area contributed by atoms with Gasteiger partial charge in [-0.25, -0.2) is 0 Å². The molecule has 0 saturated carbocycles. The zero-order chi connectivity index (χ0) is 36.2. The lowest BCUT2D eigenvalue weighted by atomic mass is 9.82. The summed E-state index contributed by atoms with van der Waals surface area (Å²) < 4.78 is 14.9. The van der Waals surface area contributed by atoms with Crippen LogP contribution in [0.25, 0.3) is 0 Å². The SMILES string of the molecule is C[C@@H]1[C@@H]([Si](C)(C)O)[C@H](CCn2cc(CCO)nn2)O[C@@]12C(=O)N(Cc1cccc(N3C(=O)c4ccccc4Oc4ccccc43)c1)c1ccccc12. The molecule has 0 bridgehead atoms. The Hall–Kier alpha value is -5.14. The monoisotopic (exact) mass is 715 g/mol. The Labute approximate surface area is 303 Å². The Morgan fingerprint density at radius 2 is 1.63 bits per heavy atom. The number of rotatable bonds is 9. The van der Waals surface area contributed by atoms with Gasteiger partial charge in [0.2, 0.25) is 0 Å². The molecule has 0 radical (unpaired) electrons. The fourth-order valence-electron chi connectivity index (χ4n) is 8.44. The molecular formula is C40H41N5O6Si. The summed E-state index contributed by atoms with van der Waals surface area (Å²) in [6.07, 6.45) is 2.38. The lowest BCUT2D eigenvalue weighted by molar-refractivity contribution is -0.146. The molecule has 4 atom stereocenters. The van der Waals surface area contributed by atoms with E-state index in [9.17, 15) is 19.5 Å². The van der Waals surface area contributed by atoms with Gasteiger partial charge in [-0.15, -0.1) is 5.10 Å². The van der Waals surface area contributed by atoms with Gasteiger partial charge in [0, 0.05) is 48.5 Å². The number of benzene rings is 4. The average Bonchev–Trinajstić information content (AvgIpc) is 3.75. The van der Waals surface area contributed by atoms with Gasteiger partial charge in [0.25, 0.3) is 11.8 Å². The smallest absolute Gasteiger partial charge is 0.266 e. The van der Waals surface area contributed by atoms with Crippen LogP contribution in [0.3, 0.4) is 0 Å². The molecule has 1 saturated heterocycles. The van der Waals surface area contributed by atoms with Crippen LogP contribution in [0, 0.1) is 5.92 Å². The number of aromatic nitrogens is 3. The first-order valence-electron chi connectivity index (χ1n) is 17.7. The molecule has 0 unspecified atom stereocenters. The Morgan fingerprint density at radius 3 is 2.42 bits per heavy atom. The van der Waals surface area contributed by atoms with Gasteiger partial charge in [0.1, 0.15) is 5.75 Å². The zero-order valence-corrected chi connectivity index (χ0v) is 30.3. The van der Waals surface area contributed by atoms with Crippen molar-refractivity contribution >= 4 is 37.2 Å². The predicted octanol–water partition coefficient (Wildman–Crippen LogP) is 6.33. The van der Waals surface area contributed by atoms with E-state index in [4.69, 9.17) is 9.47 Å². The molecule has 266 valence electrons. The maximum absolute atomic E-state index is 15.0. The molecule has 4 heterocycles. The first-order chi connectivity index (χ1) is 25.1. The third-order valence-corrected chi connectivity index (χ3v) is 13.1. The van der Waals surface area contributed by atoms with Crippen LogP contribution in [0.2, 0.25) is 18.6 Å². The highest BCUT2D eigenvalue weighted by molar-refractivity contribution is 6.71. The number of anilines is 3. The lowest BCUT2D eigenvalue weighted by Gasteiger charge is -2.32. The highest BCUT2D eigenvalue weighted by Crippen LogP contribution is 2.59. The highest BCUT2D eigenvalue weighted by atomic mass is 28.4. The van der Waals surface area contributed by atoms with Crippen molar-refractivity contribution in [2.75, 3.05) is 16.4 Å². The molecule has 1 aromatic heterocycles. The summed E-state index contributed by atoms with van der Waals surface area (Å²) in [6.45, 7) is 6.60. The van der Waals surface area contributed by atoms with Crippen LogP contribution in [0.1, 0.15) is 40.5 Å². The number of aliphatic hydroxyl groups is 1. The van der Waals surface area contributed by atoms with E-state index in [1.165, 1.54) is 0 Å². The number of amides is 2. The van der Waals surface area contributed by atoms with Crippen LogP contribution in [0.15, 0.2) is 103 Å². The molecule has 1 spiro atoms. The van der Waals surface area contributed by atoms with Crippen molar-refractivity contribution in [1.29, 1.82) is 0 Å². The van der Waals surface area contributed by atoms with E-state index < -0.39 is 20.0 Å². The normalized spacial score (nSPS) is 22.3. The molecule has 52 heavy (non-hydrogen) atoms. The molecule has 12 heteroatoms. The van der Waals surface area contributed by atoms with E-state index in [0.29, 0.717) is 53.5 Å². The first kappa shape index (κ1) is 34.0. The minimum atomic E-state index is -2.85. The van der Waals surface area contributed by atoms with Crippen molar-refractivity contribution in [3.05, 3.63) is 126 Å². The summed E-state index contributed by atoms with van der Waals surface area (Å²) in [5.74, 6) is 0.379. The number of fused-ring (bicyclic) bond motifs is 4. The van der Waals surface area contributed by atoms with E-state index in [1.54, 1.807) is 26.6 Å². The van der Waals surface area contributed by atoms with Gasteiger partial charge in [-0.2, -0.15) is 0 Å². The number of ether oxygens (including phenoxy) is 2. The van der Waals surface area contributed by atoms with Gasteiger partial charge >= 0.3 is 0 Å². The number of para-hydroxylation sites is 4. The van der Waals surface area contributed by atoms with E-state index in [2.05, 4.69) is 10.3 Å². The summed E-state index contributed by atoms with van der Waals surface area (Å²) in [4.78, 5) is 44.2. The van der Waals surface area contributed by atoms with Gasteiger partial charge in [0.15, 0.2) is 19.7 Å². The molecule has 5 aromatic rings. The number of carbonyl (C=O) groups is 2. The summed E-state index contributed by atoms with van der Waals surface area (Å²) >= 11 is 0. The third-order valence-electron chi connectivity index (χ3n) is 10.6. The molecule has 3 aliphatic heterocycles. The standard InChI is InChI=1S/C40H41N5O6Si/c1-26-37(52(2,3)49)36(19-21-43-25-28(20-22-46)41-42-43)51-40(26)31-14-5-6-15-32(31)44(39(40)48)24-27-11-10-12-29(23-27)45-33-16-7-9-18-35(33)50-34-17-8-4-13-30(34)38(45)47/h4-18,23,25-26,36-37,46,49H,19-22,24H2,1-3H3/t26-,36+,37-,40+/m1/s1. The zero-order valence-electron chi connectivity index (χ0n) is 29.3. The largest absolute Gasteiger partial charge is 0.454 e. The van der Waals surface area contributed by atoms with Crippen LogP contribution in [0.4, 0.5) is 17.1 Å². The highest BCUT2D eigenvalue weighted by Gasteiger charge is 2.66. The number of aliphatic hydroxyl groups excluding tert-OH is 1. The topological polar surface area (TPSA) is 130 Å². The molecule has 11 nitrogen and oxygen atoms in total. The first-order valence-corrected chi connectivity index (χ1v) is 20.7. The van der Waals surface area contributed by atoms with E-state index in [0.717, 1.165) is 16.8 Å². The van der Waals surface area contributed by atoms with E-state index in [1.807, 2.05) is 111 Å². The number of hydrogen-bond acceptors (Lipinski definition) is 8. The molecule has 2 N–H and O–H groups in total. The number of nitrogens with zero attached hydrogens (tertiary/aromatic N) is 5. The van der Waals surface area contributed by atoms with Gasteiger partial charge < -0.3 is 24.3 Å². The van der Waals surface area contributed by atoms with Crippen LogP contribution in [-0.2, 0) is 34.6 Å². The maximum Gasteiger partial charge on any atom is 0.266 e. The quantitative estimate of drug-likeness (QED) is 0.169. The second-order valence-corrected chi connectivity index (χ2v) is 18.4. The van der Waals surface area contributed by atoms with Gasteiger partial charge in [-0.1, -0.05) is 66.7 Å². The number of aryl methyl sites for hydroxylation is 1. The maximum atomic E-state index is 15.0. The molecule has 1 fully saturated rings. The lowest BCUT2D eigenvalue weighted by Crippen LogP contribution is -2.46. The fraction of sp³-hybridized carbons (Fsp3) is 0.300. The van der Waals surface area contributed by atoms with Crippen molar-refractivity contribution in [3.63, 3.8) is 0 Å². The summed E-state index contributed by atoms with van der Waals surface area (Å²) in [6, 6.07) is 30.2. The molecule has 0 aliphatic carbocycles. The van der Waals surface area contributed by atoms with Gasteiger partial charge in [-0.05, 0) is 67.5 Å². The Bertz CT molecular complexity index is 2170. The second kappa shape index (κ2) is 13.1. The summed E-state index contributed by atoms with van der Waals surface area (Å²) in [5, 5.41) is 17.7. The number of carbonyl (C=O) groups excluding carboxylic acids is 2. The minimum Gasteiger partial charge on any atom is -0.454 e. The van der Waals surface area contributed by atoms with Crippen molar-refractivity contribution in [2.45, 2.75) is 63.2 Å². The number of hydrogen-bond donors (Lipinski definition) is 2. The molecule has 8 rings (SSSR count). The minimum absolute atomic E-state index is 0.00696. The van der Waals surface area contributed by atoms with Crippen molar-refractivity contribution in [3.8, 4) is 11.5 Å². The second-order valence-electron chi connectivity index (χ2n) is 14.4. The predicted molar refractivity (Wildman–Crippen MR) is 198 cm³/mol. The van der Waals surface area contributed by atoms with Crippen LogP contribution in [0.5, 0.6) is 11.5 Å². The Balaban J connectivity index is 1.12. The molecule has 4 aromatic carbocycles. The van der Waals surface area contributed by atoms with Crippen molar-refractivity contribution < 1.29 is 29.0 Å². The molecule has 2 amide bonds.